The van der Waals surface area contributed by atoms with Crippen molar-refractivity contribution in [3.63, 3.8) is 0 Å². The Morgan fingerprint density at radius 3 is 2.50 bits per heavy atom. The molecule has 0 bridgehead atoms. The Morgan fingerprint density at radius 2 is 2.00 bits per heavy atom. The van der Waals surface area contributed by atoms with Crippen molar-refractivity contribution in [3.05, 3.63) is 4.91 Å². The third-order valence-corrected chi connectivity index (χ3v) is 2.61. The van der Waals surface area contributed by atoms with Gasteiger partial charge in [-0.3, -0.25) is 0 Å². The molecule has 0 aliphatic carbocycles. The van der Waals surface area contributed by atoms with Crippen molar-refractivity contribution in [3.8, 4) is 0 Å². The standard InChI is InChI=1S/C8H15N3O7/c1-11(10-17)8(16)9-4-6(14)5(13)3(2-12)18-7(4)15/h3-7,12-15H,2H2,1H3,(H,9,16)/t3?,4-,5+,6-,7?/m0/s1. The normalized spacial score (nSPS) is 35.9. The van der Waals surface area contributed by atoms with Gasteiger partial charge in [0.2, 0.25) is 0 Å². The summed E-state index contributed by atoms with van der Waals surface area (Å²) in [4.78, 5) is 21.4. The third kappa shape index (κ3) is 2.91. The highest BCUT2D eigenvalue weighted by atomic mass is 16.6. The summed E-state index contributed by atoms with van der Waals surface area (Å²) in [6.45, 7) is -0.605. The summed E-state index contributed by atoms with van der Waals surface area (Å²) in [6.07, 6.45) is -5.84. The van der Waals surface area contributed by atoms with Crippen molar-refractivity contribution in [2.24, 2.45) is 5.29 Å². The summed E-state index contributed by atoms with van der Waals surface area (Å²) >= 11 is 0. The van der Waals surface area contributed by atoms with Crippen LogP contribution in [0.25, 0.3) is 0 Å². The first-order chi connectivity index (χ1) is 8.42. The Kier molecular flexibility index (Phi) is 4.93. The molecule has 5 N–H and O–H groups in total. The van der Waals surface area contributed by atoms with E-state index in [1.54, 1.807) is 0 Å². The zero-order valence-corrected chi connectivity index (χ0v) is 9.50. The lowest BCUT2D eigenvalue weighted by Crippen LogP contribution is -2.64. The average Bonchev–Trinajstić information content (AvgIpc) is 2.37. The lowest BCUT2D eigenvalue weighted by Gasteiger charge is -2.40. The van der Waals surface area contributed by atoms with Crippen molar-refractivity contribution >= 4 is 6.03 Å². The molecular formula is C8H15N3O7. The molecule has 1 rings (SSSR count). The van der Waals surface area contributed by atoms with E-state index in [1.165, 1.54) is 0 Å². The van der Waals surface area contributed by atoms with Crippen LogP contribution in [-0.2, 0) is 4.74 Å². The van der Waals surface area contributed by atoms with E-state index >= 15 is 0 Å². The molecule has 1 aliphatic heterocycles. The number of nitroso groups, excluding NO2 is 1. The van der Waals surface area contributed by atoms with Crippen LogP contribution in [0.3, 0.4) is 0 Å². The van der Waals surface area contributed by atoms with Gasteiger partial charge in [0.1, 0.15) is 24.4 Å². The quantitative estimate of drug-likeness (QED) is 0.271. The third-order valence-electron chi connectivity index (χ3n) is 2.61. The molecule has 5 atom stereocenters. The van der Waals surface area contributed by atoms with Gasteiger partial charge in [-0.25, -0.2) is 4.79 Å². The fourth-order valence-corrected chi connectivity index (χ4v) is 1.53. The minimum atomic E-state index is -1.63. The summed E-state index contributed by atoms with van der Waals surface area (Å²) in [5, 5.41) is 42.4. The topological polar surface area (TPSA) is 152 Å². The average molecular weight is 265 g/mol. The largest absolute Gasteiger partial charge is 0.394 e. The Labute approximate surface area is 102 Å². The molecule has 1 aliphatic rings. The van der Waals surface area contributed by atoms with E-state index in [1.807, 2.05) is 0 Å². The molecule has 10 nitrogen and oxygen atoms in total. The van der Waals surface area contributed by atoms with Crippen molar-refractivity contribution in [1.29, 1.82) is 0 Å². The number of rotatable bonds is 3. The maximum atomic E-state index is 11.3. The number of carbonyl (C=O) groups excluding carboxylic acids is 1. The van der Waals surface area contributed by atoms with Gasteiger partial charge in [0, 0.05) is 7.05 Å². The van der Waals surface area contributed by atoms with E-state index in [2.05, 4.69) is 10.6 Å². The van der Waals surface area contributed by atoms with Crippen LogP contribution in [0.15, 0.2) is 5.29 Å². The Balaban J connectivity index is 2.71. The van der Waals surface area contributed by atoms with Gasteiger partial charge in [-0.15, -0.1) is 4.91 Å². The molecule has 0 spiro atoms. The number of hydrogen-bond acceptors (Lipinski definition) is 8. The second kappa shape index (κ2) is 6.02. The molecule has 1 saturated heterocycles. The maximum absolute atomic E-state index is 11.3. The van der Waals surface area contributed by atoms with Gasteiger partial charge in [-0.2, -0.15) is 5.01 Å². The molecule has 104 valence electrons. The van der Waals surface area contributed by atoms with Gasteiger partial charge in [-0.1, -0.05) is 0 Å². The van der Waals surface area contributed by atoms with Crippen molar-refractivity contribution in [2.45, 2.75) is 30.6 Å². The SMILES string of the molecule is CN(N=O)C(=O)N[C@@H]1C(O)OC(CO)[C@@H](O)[C@H]1O. The molecule has 0 aromatic carbocycles. The zero-order valence-electron chi connectivity index (χ0n) is 9.50. The van der Waals surface area contributed by atoms with Crippen molar-refractivity contribution in [1.82, 2.24) is 10.3 Å². The van der Waals surface area contributed by atoms with Crippen LogP contribution in [-0.4, -0.2) is 75.8 Å². The van der Waals surface area contributed by atoms with E-state index < -0.39 is 43.3 Å². The summed E-state index contributed by atoms with van der Waals surface area (Å²) in [5.41, 5.74) is 0. The van der Waals surface area contributed by atoms with Crippen molar-refractivity contribution in [2.75, 3.05) is 13.7 Å². The highest BCUT2D eigenvalue weighted by Gasteiger charge is 2.44. The Hall–Kier alpha value is -1.33. The molecule has 18 heavy (non-hydrogen) atoms. The number of urea groups is 1. The van der Waals surface area contributed by atoms with E-state index in [9.17, 15) is 25.0 Å². The number of nitrogens with one attached hydrogen (secondary N) is 1. The Bertz CT molecular complexity index is 315. The first kappa shape index (κ1) is 14.7. The number of aliphatic hydroxyl groups excluding tert-OH is 4. The fourth-order valence-electron chi connectivity index (χ4n) is 1.53. The van der Waals surface area contributed by atoms with E-state index in [0.29, 0.717) is 5.01 Å². The van der Waals surface area contributed by atoms with E-state index in [-0.39, 0.29) is 0 Å². The van der Waals surface area contributed by atoms with E-state index in [0.717, 1.165) is 7.05 Å². The van der Waals surface area contributed by atoms with E-state index in [4.69, 9.17) is 9.84 Å². The van der Waals surface area contributed by atoms with Gasteiger partial charge in [-0.05, 0) is 0 Å². The number of amides is 2. The number of ether oxygens (including phenoxy) is 1. The summed E-state index contributed by atoms with van der Waals surface area (Å²) < 4.78 is 4.80. The number of carbonyl (C=O) groups is 1. The maximum Gasteiger partial charge on any atom is 0.340 e. The van der Waals surface area contributed by atoms with Gasteiger partial charge in [0.05, 0.1) is 11.9 Å². The highest BCUT2D eigenvalue weighted by Crippen LogP contribution is 2.19. The fraction of sp³-hybridized carbons (Fsp3) is 0.875. The molecule has 0 saturated carbocycles. The first-order valence-corrected chi connectivity index (χ1v) is 5.10. The van der Waals surface area contributed by atoms with Gasteiger partial charge in [0.15, 0.2) is 6.29 Å². The van der Waals surface area contributed by atoms with Gasteiger partial charge in [0.25, 0.3) is 0 Å². The first-order valence-electron chi connectivity index (χ1n) is 5.10. The predicted octanol–water partition coefficient (Wildman–Crippen LogP) is -2.89. The highest BCUT2D eigenvalue weighted by molar-refractivity contribution is 5.73. The summed E-state index contributed by atoms with van der Waals surface area (Å²) in [5.74, 6) is 0. The summed E-state index contributed by atoms with van der Waals surface area (Å²) in [7, 11) is 1.07. The lowest BCUT2D eigenvalue weighted by molar-refractivity contribution is -0.252. The number of hydrogen-bond donors (Lipinski definition) is 5. The molecule has 10 heteroatoms. The Morgan fingerprint density at radius 1 is 1.39 bits per heavy atom. The van der Waals surface area contributed by atoms with Crippen molar-refractivity contribution < 1.29 is 30.0 Å². The molecule has 2 amide bonds. The molecular weight excluding hydrogens is 250 g/mol. The molecule has 1 fully saturated rings. The lowest BCUT2D eigenvalue weighted by atomic mass is 9.97. The van der Waals surface area contributed by atoms with Gasteiger partial charge < -0.3 is 30.5 Å². The zero-order chi connectivity index (χ0) is 13.9. The van der Waals surface area contributed by atoms with Crippen LogP contribution in [0.4, 0.5) is 4.79 Å². The van der Waals surface area contributed by atoms with Crippen LogP contribution < -0.4 is 5.32 Å². The predicted molar refractivity (Wildman–Crippen MR) is 55.9 cm³/mol. The van der Waals surface area contributed by atoms with Crippen LogP contribution in [0, 0.1) is 4.91 Å². The second-order valence-corrected chi connectivity index (χ2v) is 3.81. The summed E-state index contributed by atoms with van der Waals surface area (Å²) in [6, 6.07) is -2.33. The van der Waals surface area contributed by atoms with Gasteiger partial charge >= 0.3 is 6.03 Å². The number of nitrogens with zero attached hydrogens (tertiary/aromatic N) is 2. The van der Waals surface area contributed by atoms with Crippen LogP contribution in [0.5, 0.6) is 0 Å². The minimum absolute atomic E-state index is 0.407. The molecule has 1 heterocycles. The minimum Gasteiger partial charge on any atom is -0.394 e. The van der Waals surface area contributed by atoms with Crippen LogP contribution in [0.2, 0.25) is 0 Å². The molecule has 0 radical (unpaired) electrons. The molecule has 2 unspecified atom stereocenters. The molecule has 0 aromatic heterocycles. The number of aliphatic hydroxyl groups is 4. The van der Waals surface area contributed by atoms with Crippen LogP contribution >= 0.6 is 0 Å². The monoisotopic (exact) mass is 265 g/mol. The molecule has 0 aromatic rings. The van der Waals surface area contributed by atoms with Crippen LogP contribution in [0.1, 0.15) is 0 Å². The smallest absolute Gasteiger partial charge is 0.340 e. The second-order valence-electron chi connectivity index (χ2n) is 3.81.